The van der Waals surface area contributed by atoms with E-state index in [1.165, 1.54) is 6.20 Å². The summed E-state index contributed by atoms with van der Waals surface area (Å²) >= 11 is 0. The molecule has 0 radical (unpaired) electrons. The molecule has 2 fully saturated rings. The second kappa shape index (κ2) is 10.6. The van der Waals surface area contributed by atoms with Crippen LogP contribution in [0.5, 0.6) is 0 Å². The maximum atomic E-state index is 12.5. The highest BCUT2D eigenvalue weighted by Crippen LogP contribution is 2.34. The molecule has 2 saturated heterocycles. The molecule has 0 bridgehead atoms. The molecule has 13 nitrogen and oxygen atoms in total. The van der Waals surface area contributed by atoms with Crippen LogP contribution in [0.15, 0.2) is 42.7 Å². The Bertz CT molecular complexity index is 1600. The Hall–Kier alpha value is -4.83. The Morgan fingerprint density at radius 3 is 2.54 bits per heavy atom. The number of primary amides is 1. The molecule has 0 spiro atoms. The second-order valence-electron chi connectivity index (χ2n) is 11.0. The van der Waals surface area contributed by atoms with E-state index in [0.717, 1.165) is 36.7 Å². The van der Waals surface area contributed by atoms with Gasteiger partial charge in [0.15, 0.2) is 17.2 Å². The van der Waals surface area contributed by atoms with E-state index in [-0.39, 0.29) is 22.7 Å². The van der Waals surface area contributed by atoms with Gasteiger partial charge in [0.05, 0.1) is 24.5 Å². The fraction of sp³-hybridized carbons (Fsp3) is 0.393. The van der Waals surface area contributed by atoms with Crippen LogP contribution >= 0.6 is 0 Å². The van der Waals surface area contributed by atoms with Crippen molar-refractivity contribution in [2.45, 2.75) is 26.3 Å². The number of pyridine rings is 1. The zero-order valence-electron chi connectivity index (χ0n) is 23.0. The number of hydrogen-bond donors (Lipinski definition) is 2. The van der Waals surface area contributed by atoms with Gasteiger partial charge in [-0.25, -0.2) is 9.97 Å². The highest BCUT2D eigenvalue weighted by molar-refractivity contribution is 5.97. The van der Waals surface area contributed by atoms with Crippen molar-refractivity contribution in [2.75, 3.05) is 54.5 Å². The monoisotopic (exact) mass is 553 g/mol. The number of amides is 1. The third-order valence-corrected chi connectivity index (χ3v) is 7.76. The normalized spacial score (nSPS) is 18.7. The molecule has 4 aromatic rings. The first-order chi connectivity index (χ1) is 19.8. The van der Waals surface area contributed by atoms with Gasteiger partial charge in [-0.15, -0.1) is 10.2 Å². The molecule has 210 valence electrons. The van der Waals surface area contributed by atoms with Gasteiger partial charge in [-0.2, -0.15) is 14.9 Å². The standard InChI is InChI=1S/C28H31N11O2/c1-28(2)17-38(24-6-4-19(14-29)34-35-24)8-7-22(28)33-27-20(26(30)40)16-32-25-13-21(36-39(25)27)18-3-5-23(31-15-18)37-9-11-41-12-10-37/h3-6,13,15-16,22,33H,7-12,17H2,1-2H3,(H2,30,40). The summed E-state index contributed by atoms with van der Waals surface area (Å²) in [4.78, 5) is 25.9. The van der Waals surface area contributed by atoms with E-state index in [2.05, 4.69) is 49.1 Å². The molecule has 0 aromatic carbocycles. The zero-order chi connectivity index (χ0) is 28.6. The number of morpholine rings is 1. The molecule has 4 aromatic heterocycles. The molecule has 41 heavy (non-hydrogen) atoms. The topological polar surface area (TPSA) is 163 Å². The summed E-state index contributed by atoms with van der Waals surface area (Å²) < 4.78 is 7.09. The number of aromatic nitrogens is 6. The minimum atomic E-state index is -0.585. The van der Waals surface area contributed by atoms with Gasteiger partial charge in [-0.05, 0) is 30.7 Å². The van der Waals surface area contributed by atoms with Gasteiger partial charge in [-0.3, -0.25) is 4.79 Å². The van der Waals surface area contributed by atoms with Gasteiger partial charge in [0.2, 0.25) is 0 Å². The lowest BCUT2D eigenvalue weighted by Crippen LogP contribution is -2.52. The van der Waals surface area contributed by atoms with Crippen molar-refractivity contribution in [1.29, 1.82) is 5.26 Å². The van der Waals surface area contributed by atoms with Crippen molar-refractivity contribution < 1.29 is 9.53 Å². The largest absolute Gasteiger partial charge is 0.378 e. The minimum absolute atomic E-state index is 0.00378. The van der Waals surface area contributed by atoms with Crippen molar-refractivity contribution in [3.63, 3.8) is 0 Å². The summed E-state index contributed by atoms with van der Waals surface area (Å²) in [7, 11) is 0. The van der Waals surface area contributed by atoms with Gasteiger partial charge < -0.3 is 25.6 Å². The highest BCUT2D eigenvalue weighted by atomic mass is 16.5. The number of ether oxygens (including phenoxy) is 1. The molecule has 1 atom stereocenters. The van der Waals surface area contributed by atoms with Gasteiger partial charge >= 0.3 is 0 Å². The molecular weight excluding hydrogens is 522 g/mol. The number of nitrogens with zero attached hydrogens (tertiary/aromatic N) is 9. The Morgan fingerprint density at radius 1 is 1.07 bits per heavy atom. The van der Waals surface area contributed by atoms with E-state index >= 15 is 0 Å². The quantitative estimate of drug-likeness (QED) is 0.359. The fourth-order valence-corrected chi connectivity index (χ4v) is 5.45. The number of nitrogens with two attached hydrogens (primary N) is 1. The van der Waals surface area contributed by atoms with Crippen LogP contribution < -0.4 is 20.9 Å². The number of carbonyl (C=O) groups excluding carboxylic acids is 1. The average molecular weight is 554 g/mol. The molecule has 1 amide bonds. The van der Waals surface area contributed by atoms with Crippen LogP contribution in [0, 0.1) is 16.7 Å². The number of carbonyl (C=O) groups is 1. The summed E-state index contributed by atoms with van der Waals surface area (Å²) in [6, 6.07) is 11.3. The fourth-order valence-electron chi connectivity index (χ4n) is 5.45. The van der Waals surface area contributed by atoms with Crippen molar-refractivity contribution in [1.82, 2.24) is 29.8 Å². The van der Waals surface area contributed by atoms with Crippen LogP contribution in [-0.2, 0) is 4.74 Å². The first-order valence-electron chi connectivity index (χ1n) is 13.6. The maximum absolute atomic E-state index is 12.5. The predicted molar refractivity (Wildman–Crippen MR) is 153 cm³/mol. The molecule has 6 rings (SSSR count). The van der Waals surface area contributed by atoms with Crippen molar-refractivity contribution in [3.05, 3.63) is 54.0 Å². The van der Waals surface area contributed by atoms with Crippen molar-refractivity contribution in [3.8, 4) is 17.3 Å². The summed E-state index contributed by atoms with van der Waals surface area (Å²) in [6.07, 6.45) is 4.07. The number of nitriles is 1. The average Bonchev–Trinajstić information content (AvgIpc) is 3.43. The number of fused-ring (bicyclic) bond motifs is 1. The van der Waals surface area contributed by atoms with Gasteiger partial charge in [-0.1, -0.05) is 13.8 Å². The maximum Gasteiger partial charge on any atom is 0.254 e. The summed E-state index contributed by atoms with van der Waals surface area (Å²) in [6.45, 7) is 8.73. The van der Waals surface area contributed by atoms with Crippen LogP contribution in [0.4, 0.5) is 17.5 Å². The Labute approximate surface area is 237 Å². The molecular formula is C28H31N11O2. The van der Waals surface area contributed by atoms with Crippen LogP contribution in [0.3, 0.4) is 0 Å². The predicted octanol–water partition coefficient (Wildman–Crippen LogP) is 2.11. The lowest BCUT2D eigenvalue weighted by Gasteiger charge is -2.45. The molecule has 13 heteroatoms. The molecule has 0 saturated carbocycles. The Balaban J connectivity index is 1.27. The Morgan fingerprint density at radius 2 is 1.88 bits per heavy atom. The van der Waals surface area contributed by atoms with E-state index in [9.17, 15) is 4.79 Å². The van der Waals surface area contributed by atoms with E-state index in [1.54, 1.807) is 16.8 Å². The number of anilines is 3. The first-order valence-corrected chi connectivity index (χ1v) is 13.6. The first kappa shape index (κ1) is 26.4. The summed E-state index contributed by atoms with van der Waals surface area (Å²) in [5.74, 6) is 1.55. The van der Waals surface area contributed by atoms with Crippen LogP contribution in [0.25, 0.3) is 16.9 Å². The third kappa shape index (κ3) is 5.21. The molecule has 1 unspecified atom stereocenters. The van der Waals surface area contributed by atoms with E-state index in [1.807, 2.05) is 30.3 Å². The molecule has 0 aliphatic carbocycles. The molecule has 2 aliphatic rings. The lowest BCUT2D eigenvalue weighted by atomic mass is 9.79. The molecule has 2 aliphatic heterocycles. The van der Waals surface area contributed by atoms with Gasteiger partial charge in [0, 0.05) is 61.7 Å². The van der Waals surface area contributed by atoms with Crippen molar-refractivity contribution >= 4 is 29.0 Å². The van der Waals surface area contributed by atoms with Gasteiger partial charge in [0.25, 0.3) is 5.91 Å². The van der Waals surface area contributed by atoms with Crippen LogP contribution in [-0.4, -0.2) is 81.1 Å². The zero-order valence-corrected chi connectivity index (χ0v) is 23.0. The summed E-state index contributed by atoms with van der Waals surface area (Å²) in [5, 5.41) is 25.6. The SMILES string of the molecule is CC1(C)CN(c2ccc(C#N)nn2)CCC1Nc1c(C(N)=O)cnc2cc(-c3ccc(N4CCOCC4)nc3)nn12. The molecule has 3 N–H and O–H groups in total. The van der Waals surface area contributed by atoms with Gasteiger partial charge in [0.1, 0.15) is 17.7 Å². The van der Waals surface area contributed by atoms with Crippen molar-refractivity contribution in [2.24, 2.45) is 11.1 Å². The summed E-state index contributed by atoms with van der Waals surface area (Å²) in [5.41, 5.74) is 8.23. The Kier molecular flexibility index (Phi) is 6.84. The van der Waals surface area contributed by atoms with Crippen LogP contribution in [0.2, 0.25) is 0 Å². The number of hydrogen-bond acceptors (Lipinski definition) is 11. The third-order valence-electron chi connectivity index (χ3n) is 7.76. The van der Waals surface area contributed by atoms with Crippen LogP contribution in [0.1, 0.15) is 36.3 Å². The molecule has 6 heterocycles. The highest BCUT2D eigenvalue weighted by Gasteiger charge is 2.37. The van der Waals surface area contributed by atoms with E-state index < -0.39 is 5.91 Å². The minimum Gasteiger partial charge on any atom is -0.378 e. The van der Waals surface area contributed by atoms with E-state index in [4.69, 9.17) is 20.8 Å². The van der Waals surface area contributed by atoms with E-state index in [0.29, 0.717) is 43.5 Å². The number of rotatable bonds is 6. The number of piperidine rings is 1. The lowest BCUT2D eigenvalue weighted by molar-refractivity contribution is 0.1000. The number of nitrogens with one attached hydrogen (secondary N) is 1. The smallest absolute Gasteiger partial charge is 0.254 e. The second-order valence-corrected chi connectivity index (χ2v) is 11.0.